The molecule has 6 N–H and O–H groups in total. The smallest absolute Gasteiger partial charge is 0.308 e. The van der Waals surface area contributed by atoms with E-state index in [-0.39, 0.29) is 5.41 Å². The van der Waals surface area contributed by atoms with E-state index in [1.54, 1.807) is 39.8 Å². The number of hydrogen-bond acceptors (Lipinski definition) is 12. The molecular formula is C43H58F2N6O12. The zero-order valence-electron chi connectivity index (χ0n) is 37.1. The highest BCUT2D eigenvalue weighted by molar-refractivity contribution is 6.05. The van der Waals surface area contributed by atoms with Crippen LogP contribution < -0.4 is 36.6 Å². The molecule has 0 spiro atoms. The largest absolute Gasteiger partial charge is 0.480 e. The Labute approximate surface area is 364 Å². The number of para-hydroxylation sites is 2. The van der Waals surface area contributed by atoms with E-state index in [1.807, 2.05) is 32.9 Å². The van der Waals surface area contributed by atoms with Gasteiger partial charge in [-0.05, 0) is 47.9 Å². The first kappa shape index (κ1) is 52.7. The molecule has 20 heteroatoms. The van der Waals surface area contributed by atoms with E-state index in [0.717, 1.165) is 38.0 Å². The summed E-state index contributed by atoms with van der Waals surface area (Å²) < 4.78 is 42.4. The third kappa shape index (κ3) is 16.7. The van der Waals surface area contributed by atoms with Crippen molar-refractivity contribution in [3.05, 3.63) is 59.7 Å². The van der Waals surface area contributed by atoms with Crippen molar-refractivity contribution in [2.45, 2.75) is 110 Å². The summed E-state index contributed by atoms with van der Waals surface area (Å²) in [6.45, 7) is 12.5. The van der Waals surface area contributed by atoms with Crippen molar-refractivity contribution in [2.75, 3.05) is 26.1 Å². The molecule has 0 fully saturated rings. The first-order valence-corrected chi connectivity index (χ1v) is 20.0. The Morgan fingerprint density at radius 2 is 1.11 bits per heavy atom. The van der Waals surface area contributed by atoms with Crippen molar-refractivity contribution in [3.8, 4) is 5.75 Å². The molecule has 63 heavy (non-hydrogen) atoms. The van der Waals surface area contributed by atoms with E-state index in [9.17, 15) is 51.9 Å². The van der Waals surface area contributed by atoms with E-state index in [4.69, 9.17) is 9.47 Å². The highest BCUT2D eigenvalue weighted by Crippen LogP contribution is 2.29. The summed E-state index contributed by atoms with van der Waals surface area (Å²) in [4.78, 5) is 117. The molecular weight excluding hydrogens is 830 g/mol. The van der Waals surface area contributed by atoms with E-state index in [0.29, 0.717) is 5.69 Å². The number of carbonyl (C=O) groups excluding carboxylic acids is 9. The molecule has 0 bridgehead atoms. The fourth-order valence-electron chi connectivity index (χ4n) is 5.88. The average molecular weight is 889 g/mol. The minimum Gasteiger partial charge on any atom is -0.480 e. The molecule has 346 valence electrons. The SMILES string of the molecule is COC(=O)CC(NC(=O)C(C)NC(=O)C(NC(=O)C(CC(=O)OC)NC(=O)C(NC(=O)CC(=O)Nc1ccccc1C(C)(C)C)C(C)C)C(C)C)C(=O)COc1c(F)cccc1F. The molecule has 0 aromatic heterocycles. The number of esters is 2. The van der Waals surface area contributed by atoms with Crippen LogP contribution in [0.2, 0.25) is 0 Å². The van der Waals surface area contributed by atoms with E-state index in [1.165, 1.54) is 6.92 Å². The lowest BCUT2D eigenvalue weighted by molar-refractivity contribution is -0.145. The van der Waals surface area contributed by atoms with Crippen LogP contribution in [0.15, 0.2) is 42.5 Å². The van der Waals surface area contributed by atoms with E-state index >= 15 is 0 Å². The maximum absolute atomic E-state index is 14.0. The molecule has 5 unspecified atom stereocenters. The second kappa shape index (κ2) is 24.2. The lowest BCUT2D eigenvalue weighted by Gasteiger charge is -2.28. The van der Waals surface area contributed by atoms with Gasteiger partial charge < -0.3 is 46.1 Å². The number of benzene rings is 2. The van der Waals surface area contributed by atoms with Gasteiger partial charge in [0.25, 0.3) is 0 Å². The number of nitrogens with one attached hydrogen (secondary N) is 6. The average Bonchev–Trinajstić information content (AvgIpc) is 3.20. The van der Waals surface area contributed by atoms with Crippen LogP contribution >= 0.6 is 0 Å². The molecule has 6 amide bonds. The van der Waals surface area contributed by atoms with Gasteiger partial charge in [0, 0.05) is 5.69 Å². The number of rotatable bonds is 22. The standard InChI is InChI=1S/C43H58F2N6O12/c1-22(2)36(50-33(54)20-32(53)47-28-17-12-11-14-25(28)43(6,7)8)42(60)49-30(19-35(56)62-10)40(58)51-37(23(3)4)41(59)46-24(5)39(57)48-29(18-34(55)61-9)31(52)21-63-38-26(44)15-13-16-27(38)45/h11-17,22-24,29-30,36-37H,18-21H2,1-10H3,(H,46,59)(H,47,53)(H,48,57)(H,49,60)(H,50,54)(H,51,58). The maximum Gasteiger partial charge on any atom is 0.308 e. The molecule has 18 nitrogen and oxygen atoms in total. The molecule has 2 aromatic carbocycles. The molecule has 0 aliphatic heterocycles. The third-order valence-corrected chi connectivity index (χ3v) is 9.41. The first-order chi connectivity index (χ1) is 29.4. The van der Waals surface area contributed by atoms with Gasteiger partial charge in [0.15, 0.2) is 23.2 Å². The summed E-state index contributed by atoms with van der Waals surface area (Å²) in [5.74, 6) is -12.3. The number of halogens is 2. The number of Topliss-reactive ketones (excluding diaryl/α,β-unsaturated/α-hetero) is 1. The van der Waals surface area contributed by atoms with Crippen molar-refractivity contribution < 1.29 is 66.1 Å². The summed E-state index contributed by atoms with van der Waals surface area (Å²) in [5.41, 5.74) is 1.04. The second-order valence-electron chi connectivity index (χ2n) is 16.3. The number of carbonyl (C=O) groups is 9. The maximum atomic E-state index is 14.0. The molecule has 2 rings (SSSR count). The van der Waals surface area contributed by atoms with Crippen molar-refractivity contribution in [2.24, 2.45) is 11.8 Å². The van der Waals surface area contributed by atoms with Gasteiger partial charge in [-0.15, -0.1) is 0 Å². The minimum atomic E-state index is -1.64. The Kier molecular flexibility index (Phi) is 20.3. The number of anilines is 1. The first-order valence-electron chi connectivity index (χ1n) is 20.0. The molecule has 0 aliphatic carbocycles. The normalized spacial score (nSPS) is 13.6. The Hall–Kier alpha value is -6.47. The number of ether oxygens (including phenoxy) is 3. The molecule has 0 saturated carbocycles. The monoisotopic (exact) mass is 888 g/mol. The van der Waals surface area contributed by atoms with Crippen molar-refractivity contribution >= 4 is 58.9 Å². The predicted octanol–water partition coefficient (Wildman–Crippen LogP) is 2.12. The van der Waals surface area contributed by atoms with Gasteiger partial charge in [0.1, 0.15) is 43.2 Å². The highest BCUT2D eigenvalue weighted by atomic mass is 19.1. The van der Waals surface area contributed by atoms with Crippen LogP contribution in [0.4, 0.5) is 14.5 Å². The van der Waals surface area contributed by atoms with Crippen LogP contribution in [0.25, 0.3) is 0 Å². The number of amides is 6. The molecule has 0 radical (unpaired) electrons. The summed E-state index contributed by atoms with van der Waals surface area (Å²) in [6, 6.07) is 2.65. The van der Waals surface area contributed by atoms with Crippen LogP contribution in [-0.2, 0) is 58.0 Å². The van der Waals surface area contributed by atoms with Gasteiger partial charge in [-0.1, -0.05) is 72.7 Å². The highest BCUT2D eigenvalue weighted by Gasteiger charge is 2.35. The number of ketones is 1. The summed E-state index contributed by atoms with van der Waals surface area (Å²) in [5, 5.41) is 14.8. The zero-order valence-corrected chi connectivity index (χ0v) is 37.1. The zero-order chi connectivity index (χ0) is 47.8. The Balaban J connectivity index is 2.17. The number of hydrogen-bond donors (Lipinski definition) is 6. The lowest BCUT2D eigenvalue weighted by Crippen LogP contribution is -2.60. The van der Waals surface area contributed by atoms with E-state index in [2.05, 4.69) is 36.6 Å². The second-order valence-corrected chi connectivity index (χ2v) is 16.3. The quantitative estimate of drug-likeness (QED) is 0.0735. The molecule has 0 heterocycles. The Bertz CT molecular complexity index is 1980. The van der Waals surface area contributed by atoms with Gasteiger partial charge in [0.05, 0.1) is 27.1 Å². The van der Waals surface area contributed by atoms with Gasteiger partial charge in [-0.25, -0.2) is 8.78 Å². The minimum absolute atomic E-state index is 0.315. The van der Waals surface area contributed by atoms with Gasteiger partial charge >= 0.3 is 11.9 Å². The van der Waals surface area contributed by atoms with E-state index < -0.39 is 138 Å². The fraction of sp³-hybridized carbons (Fsp3) is 0.512. The lowest BCUT2D eigenvalue weighted by atomic mass is 9.86. The van der Waals surface area contributed by atoms with Crippen molar-refractivity contribution in [3.63, 3.8) is 0 Å². The van der Waals surface area contributed by atoms with Crippen molar-refractivity contribution in [1.82, 2.24) is 26.6 Å². The van der Waals surface area contributed by atoms with Gasteiger partial charge in [-0.2, -0.15) is 0 Å². The molecule has 2 aromatic rings. The molecule has 0 saturated heterocycles. The van der Waals surface area contributed by atoms with Crippen LogP contribution in [0.5, 0.6) is 5.75 Å². The number of methoxy groups -OCH3 is 2. The summed E-state index contributed by atoms with van der Waals surface area (Å²) in [7, 11) is 2.08. The molecule has 5 atom stereocenters. The summed E-state index contributed by atoms with van der Waals surface area (Å²) >= 11 is 0. The Morgan fingerprint density at radius 1 is 0.603 bits per heavy atom. The van der Waals surface area contributed by atoms with Gasteiger partial charge in [-0.3, -0.25) is 43.2 Å². The van der Waals surface area contributed by atoms with Crippen LogP contribution in [0.3, 0.4) is 0 Å². The van der Waals surface area contributed by atoms with Crippen LogP contribution in [-0.4, -0.2) is 104 Å². The van der Waals surface area contributed by atoms with Crippen molar-refractivity contribution in [1.29, 1.82) is 0 Å². The topological polar surface area (TPSA) is 253 Å². The molecule has 0 aliphatic rings. The van der Waals surface area contributed by atoms with Crippen LogP contribution in [0, 0.1) is 23.5 Å². The summed E-state index contributed by atoms with van der Waals surface area (Å²) in [6.07, 6.45) is -2.04. The fourth-order valence-corrected chi connectivity index (χ4v) is 5.88. The third-order valence-electron chi connectivity index (χ3n) is 9.41. The van der Waals surface area contributed by atoms with Gasteiger partial charge in [0.2, 0.25) is 35.4 Å². The predicted molar refractivity (Wildman–Crippen MR) is 224 cm³/mol. The Morgan fingerprint density at radius 3 is 1.65 bits per heavy atom. The van der Waals surface area contributed by atoms with Crippen LogP contribution in [0.1, 0.15) is 80.2 Å².